The van der Waals surface area contributed by atoms with Gasteiger partial charge in [0.05, 0.1) is 6.54 Å². The van der Waals surface area contributed by atoms with Crippen LogP contribution in [0.3, 0.4) is 0 Å². The molecule has 0 fully saturated rings. The molecule has 0 unspecified atom stereocenters. The fraction of sp³-hybridized carbons (Fsp3) is 0.0154. The summed E-state index contributed by atoms with van der Waals surface area (Å²) in [6.07, 6.45) is 0. The van der Waals surface area contributed by atoms with E-state index in [1.165, 1.54) is 10.8 Å². The molecule has 12 rings (SSSR count). The smallest absolute Gasteiger partial charge is 0.164 e. The van der Waals surface area contributed by atoms with E-state index in [9.17, 15) is 0 Å². The maximum Gasteiger partial charge on any atom is 0.164 e. The van der Waals surface area contributed by atoms with Crippen LogP contribution in [-0.2, 0) is 6.54 Å². The van der Waals surface area contributed by atoms with Crippen molar-refractivity contribution in [2.45, 2.75) is 6.54 Å². The first-order valence-electron chi connectivity index (χ1n) is 23.7. The molecule has 1 heterocycles. The number of aromatic nitrogens is 3. The summed E-state index contributed by atoms with van der Waals surface area (Å²) in [5.74, 6) is 2.88. The molecular formula is C65H44N6. The minimum atomic E-state index is 0.437. The molecule has 6 heteroatoms. The van der Waals surface area contributed by atoms with E-state index in [-0.39, 0.29) is 0 Å². The number of rotatable bonds is 9. The van der Waals surface area contributed by atoms with Crippen molar-refractivity contribution < 1.29 is 0 Å². The number of amidine groups is 2. The SMILES string of the molecule is C=N/C(=N\C(=N/Cc1ccccc1)c1ccc2c(-c3ccc4ccccc4c3)c3cc(-c4nc(-c5ccccc5)nc(-c5ccccc5)n4)ccc3c(-c3ccc4ccccc4c3)c2c1)c1ccccc1. The maximum atomic E-state index is 5.23. The third-order valence-electron chi connectivity index (χ3n) is 13.1. The second-order valence-corrected chi connectivity index (χ2v) is 17.5. The Balaban J connectivity index is 1.16. The molecule has 11 aromatic carbocycles. The van der Waals surface area contributed by atoms with Crippen LogP contribution in [0.5, 0.6) is 0 Å². The highest BCUT2D eigenvalue weighted by molar-refractivity contribution is 6.24. The van der Waals surface area contributed by atoms with Gasteiger partial charge in [0, 0.05) is 27.8 Å². The number of hydrogen-bond donors (Lipinski definition) is 0. The molecule has 0 aliphatic rings. The summed E-state index contributed by atoms with van der Waals surface area (Å²) < 4.78 is 0. The van der Waals surface area contributed by atoms with Gasteiger partial charge in [-0.05, 0) is 102 Å². The van der Waals surface area contributed by atoms with Crippen molar-refractivity contribution in [2.24, 2.45) is 15.0 Å². The maximum absolute atomic E-state index is 5.23. The number of benzene rings is 11. The Morgan fingerprint density at radius 3 is 1.34 bits per heavy atom. The summed E-state index contributed by atoms with van der Waals surface area (Å²) in [4.78, 5) is 30.3. The van der Waals surface area contributed by atoms with Gasteiger partial charge in [-0.2, -0.15) is 0 Å². The van der Waals surface area contributed by atoms with Crippen LogP contribution in [0, 0.1) is 0 Å². The highest BCUT2D eigenvalue weighted by atomic mass is 15.0. The Morgan fingerprint density at radius 2 is 0.789 bits per heavy atom. The zero-order chi connectivity index (χ0) is 47.5. The largest absolute Gasteiger partial charge is 0.261 e. The normalized spacial score (nSPS) is 11.9. The molecule has 71 heavy (non-hydrogen) atoms. The molecule has 12 aromatic rings. The number of aliphatic imine (C=N–C) groups is 3. The van der Waals surface area contributed by atoms with Crippen molar-refractivity contribution >= 4 is 61.5 Å². The molecule has 334 valence electrons. The van der Waals surface area contributed by atoms with Crippen molar-refractivity contribution in [3.63, 3.8) is 0 Å². The van der Waals surface area contributed by atoms with Gasteiger partial charge in [-0.3, -0.25) is 4.99 Å². The molecule has 0 saturated carbocycles. The van der Waals surface area contributed by atoms with Crippen molar-refractivity contribution in [3.05, 3.63) is 259 Å². The highest BCUT2D eigenvalue weighted by Gasteiger charge is 2.21. The van der Waals surface area contributed by atoms with Crippen LogP contribution in [0.1, 0.15) is 16.7 Å². The predicted octanol–water partition coefficient (Wildman–Crippen LogP) is 15.9. The second kappa shape index (κ2) is 18.9. The summed E-state index contributed by atoms with van der Waals surface area (Å²) in [7, 11) is 0. The Labute approximate surface area is 411 Å². The summed E-state index contributed by atoms with van der Waals surface area (Å²) in [6, 6.07) is 84.4. The lowest BCUT2D eigenvalue weighted by Crippen LogP contribution is -2.06. The van der Waals surface area contributed by atoms with Gasteiger partial charge < -0.3 is 0 Å². The van der Waals surface area contributed by atoms with Crippen LogP contribution >= 0.6 is 0 Å². The first kappa shape index (κ1) is 42.8. The molecule has 1 aromatic heterocycles. The lowest BCUT2D eigenvalue weighted by Gasteiger charge is -2.20. The van der Waals surface area contributed by atoms with E-state index in [4.69, 9.17) is 24.9 Å². The van der Waals surface area contributed by atoms with Crippen LogP contribution in [0.15, 0.2) is 258 Å². The van der Waals surface area contributed by atoms with E-state index in [1.807, 2.05) is 109 Å². The van der Waals surface area contributed by atoms with E-state index >= 15 is 0 Å². The number of nitrogens with zero attached hydrogens (tertiary/aromatic N) is 6. The number of fused-ring (bicyclic) bond motifs is 4. The molecule has 0 amide bonds. The van der Waals surface area contributed by atoms with Crippen molar-refractivity contribution in [2.75, 3.05) is 0 Å². The second-order valence-electron chi connectivity index (χ2n) is 17.5. The van der Waals surface area contributed by atoms with E-state index in [0.29, 0.717) is 35.7 Å². The molecule has 0 atom stereocenters. The van der Waals surface area contributed by atoms with E-state index in [0.717, 1.165) is 88.0 Å². The molecular weight excluding hydrogens is 865 g/mol. The van der Waals surface area contributed by atoms with Gasteiger partial charge in [-0.15, -0.1) is 0 Å². The Morgan fingerprint density at radius 1 is 0.338 bits per heavy atom. The first-order valence-corrected chi connectivity index (χ1v) is 23.7. The molecule has 0 aliphatic heterocycles. The molecule has 0 N–H and O–H groups in total. The summed E-state index contributed by atoms with van der Waals surface area (Å²) in [5.41, 5.74) is 9.90. The van der Waals surface area contributed by atoms with E-state index in [2.05, 4.69) is 145 Å². The van der Waals surface area contributed by atoms with Crippen LogP contribution in [0.4, 0.5) is 0 Å². The predicted molar refractivity (Wildman–Crippen MR) is 296 cm³/mol. The number of hydrogen-bond acceptors (Lipinski definition) is 4. The lowest BCUT2D eigenvalue weighted by molar-refractivity contribution is 1.06. The van der Waals surface area contributed by atoms with E-state index in [1.54, 1.807) is 0 Å². The van der Waals surface area contributed by atoms with Crippen molar-refractivity contribution in [1.82, 2.24) is 15.0 Å². The fourth-order valence-electron chi connectivity index (χ4n) is 9.58. The average molecular weight is 909 g/mol. The van der Waals surface area contributed by atoms with Crippen molar-refractivity contribution in [3.8, 4) is 56.4 Å². The lowest BCUT2D eigenvalue weighted by atomic mass is 9.84. The van der Waals surface area contributed by atoms with E-state index < -0.39 is 0 Å². The molecule has 0 saturated heterocycles. The average Bonchev–Trinajstić information content (AvgIpc) is 3.45. The molecule has 0 spiro atoms. The van der Waals surface area contributed by atoms with Gasteiger partial charge in [0.2, 0.25) is 0 Å². The standard InChI is InChI=1S/C65H44N6/c1-66-61(46-22-8-3-9-23-46)68-62(67-42-43-18-6-2-7-19-43)53-34-36-55-57(40-53)59(51-32-30-44-20-14-16-28-49(44)38-51)56-37-35-54(41-58(56)60(55)52-33-31-45-21-15-17-29-50(45)39-52)65-70-63(47-24-10-4-11-25-47)69-64(71-65)48-26-12-5-13-27-48/h2-41H,1,42H2/b67-62-,68-61-. The topological polar surface area (TPSA) is 75.8 Å². The summed E-state index contributed by atoms with van der Waals surface area (Å²) in [6.45, 7) is 4.39. The minimum absolute atomic E-state index is 0.437. The Kier molecular flexibility index (Phi) is 11.4. The molecule has 0 radical (unpaired) electrons. The quantitative estimate of drug-likeness (QED) is 0.0822. The van der Waals surface area contributed by atoms with Gasteiger partial charge in [0.15, 0.2) is 29.1 Å². The Hall–Kier alpha value is -9.52. The highest BCUT2D eigenvalue weighted by Crippen LogP contribution is 2.46. The van der Waals surface area contributed by atoms with Gasteiger partial charge >= 0.3 is 0 Å². The third-order valence-corrected chi connectivity index (χ3v) is 13.1. The van der Waals surface area contributed by atoms with Crippen molar-refractivity contribution in [1.29, 1.82) is 0 Å². The van der Waals surface area contributed by atoms with Crippen LogP contribution < -0.4 is 0 Å². The van der Waals surface area contributed by atoms with Gasteiger partial charge in [-0.25, -0.2) is 24.9 Å². The Bertz CT molecular complexity index is 3960. The van der Waals surface area contributed by atoms with Gasteiger partial charge in [0.25, 0.3) is 0 Å². The monoisotopic (exact) mass is 908 g/mol. The summed E-state index contributed by atoms with van der Waals surface area (Å²) in [5, 5.41) is 8.97. The molecule has 0 bridgehead atoms. The van der Waals surface area contributed by atoms with Gasteiger partial charge in [-0.1, -0.05) is 218 Å². The zero-order valence-electron chi connectivity index (χ0n) is 38.7. The minimum Gasteiger partial charge on any atom is -0.261 e. The van der Waals surface area contributed by atoms with Crippen LogP contribution in [0.25, 0.3) is 99.5 Å². The summed E-state index contributed by atoms with van der Waals surface area (Å²) >= 11 is 0. The first-order chi connectivity index (χ1) is 35.1. The third kappa shape index (κ3) is 8.56. The van der Waals surface area contributed by atoms with Gasteiger partial charge in [0.1, 0.15) is 0 Å². The zero-order valence-corrected chi connectivity index (χ0v) is 38.7. The molecule has 6 nitrogen and oxygen atoms in total. The molecule has 0 aliphatic carbocycles. The van der Waals surface area contributed by atoms with Crippen LogP contribution in [-0.4, -0.2) is 33.3 Å². The van der Waals surface area contributed by atoms with Crippen LogP contribution in [0.2, 0.25) is 0 Å². The fourth-order valence-corrected chi connectivity index (χ4v) is 9.58.